The molecule has 0 atom stereocenters. The molecule has 0 aromatic carbocycles. The third-order valence-corrected chi connectivity index (χ3v) is 4.19. The van der Waals surface area contributed by atoms with Crippen LogP contribution in [0.1, 0.15) is 45.4 Å². The van der Waals surface area contributed by atoms with Crippen LogP contribution in [0.4, 0.5) is 0 Å². The van der Waals surface area contributed by atoms with Gasteiger partial charge in [-0.1, -0.05) is 26.7 Å². The second kappa shape index (κ2) is 5.77. The van der Waals surface area contributed by atoms with Crippen LogP contribution in [0.15, 0.2) is 0 Å². The molecule has 0 amide bonds. The molecule has 1 aliphatic carbocycles. The van der Waals surface area contributed by atoms with Crippen LogP contribution in [-0.2, 0) is 18.3 Å². The van der Waals surface area contributed by atoms with Crippen molar-refractivity contribution in [3.05, 3.63) is 5.82 Å². The van der Waals surface area contributed by atoms with Gasteiger partial charge in [-0.2, -0.15) is 4.80 Å². The lowest BCUT2D eigenvalue weighted by Gasteiger charge is -2.38. The zero-order valence-corrected chi connectivity index (χ0v) is 12.1. The maximum Gasteiger partial charge on any atom is 0.182 e. The normalized spacial score (nSPS) is 18.1. The summed E-state index contributed by atoms with van der Waals surface area (Å²) in [6, 6.07) is 0. The SMILES string of the molecule is CCN(CC)C1(C(=O)Cc2nnn(C)n2)CCCC1. The fourth-order valence-corrected chi connectivity index (χ4v) is 3.26. The predicted octanol–water partition coefficient (Wildman–Crippen LogP) is 0.976. The van der Waals surface area contributed by atoms with Crippen molar-refractivity contribution >= 4 is 5.78 Å². The van der Waals surface area contributed by atoms with Crippen LogP contribution in [0, 0.1) is 0 Å². The van der Waals surface area contributed by atoms with Crippen molar-refractivity contribution in [3.63, 3.8) is 0 Å². The smallest absolute Gasteiger partial charge is 0.182 e. The lowest BCUT2D eigenvalue weighted by atomic mass is 9.87. The Hall–Kier alpha value is -1.30. The summed E-state index contributed by atoms with van der Waals surface area (Å²) in [7, 11) is 1.72. The zero-order valence-electron chi connectivity index (χ0n) is 12.1. The Morgan fingerprint density at radius 1 is 1.32 bits per heavy atom. The molecular formula is C13H23N5O. The summed E-state index contributed by atoms with van der Waals surface area (Å²) in [5, 5.41) is 11.8. The highest BCUT2D eigenvalue weighted by atomic mass is 16.1. The molecule has 2 rings (SSSR count). The van der Waals surface area contributed by atoms with Crippen LogP contribution in [-0.4, -0.2) is 49.5 Å². The highest BCUT2D eigenvalue weighted by molar-refractivity contribution is 5.90. The molecule has 0 N–H and O–H groups in total. The number of carbonyl (C=O) groups is 1. The van der Waals surface area contributed by atoms with Gasteiger partial charge in [0.2, 0.25) is 0 Å². The molecule has 0 bridgehead atoms. The number of aromatic nitrogens is 4. The van der Waals surface area contributed by atoms with Gasteiger partial charge in [-0.25, -0.2) is 0 Å². The lowest BCUT2D eigenvalue weighted by molar-refractivity contribution is -0.130. The van der Waals surface area contributed by atoms with E-state index in [1.165, 1.54) is 4.80 Å². The summed E-state index contributed by atoms with van der Waals surface area (Å²) in [5.74, 6) is 0.785. The number of rotatable bonds is 6. The quantitative estimate of drug-likeness (QED) is 0.767. The van der Waals surface area contributed by atoms with Crippen LogP contribution in [0.5, 0.6) is 0 Å². The summed E-state index contributed by atoms with van der Waals surface area (Å²) in [5.41, 5.74) is -0.289. The van der Waals surface area contributed by atoms with E-state index in [-0.39, 0.29) is 11.3 Å². The number of aryl methyl sites for hydroxylation is 1. The Bertz CT molecular complexity index is 432. The molecule has 1 aromatic rings. The summed E-state index contributed by atoms with van der Waals surface area (Å²) < 4.78 is 0. The second-order valence-corrected chi connectivity index (χ2v) is 5.21. The first-order valence-corrected chi connectivity index (χ1v) is 7.13. The molecule has 0 aliphatic heterocycles. The topological polar surface area (TPSA) is 63.9 Å². The van der Waals surface area contributed by atoms with E-state index in [4.69, 9.17) is 0 Å². The van der Waals surface area contributed by atoms with E-state index in [2.05, 4.69) is 34.2 Å². The summed E-state index contributed by atoms with van der Waals surface area (Å²) >= 11 is 0. The molecule has 1 aromatic heterocycles. The lowest BCUT2D eigenvalue weighted by Crippen LogP contribution is -2.53. The van der Waals surface area contributed by atoms with Crippen molar-refractivity contribution < 1.29 is 4.79 Å². The molecule has 6 nitrogen and oxygen atoms in total. The Kier molecular flexibility index (Phi) is 4.29. The number of carbonyl (C=O) groups excluding carboxylic acids is 1. The maximum atomic E-state index is 12.7. The highest BCUT2D eigenvalue weighted by Crippen LogP contribution is 2.36. The molecular weight excluding hydrogens is 242 g/mol. The Morgan fingerprint density at radius 3 is 2.42 bits per heavy atom. The summed E-state index contributed by atoms with van der Waals surface area (Å²) in [6.45, 7) is 6.07. The first kappa shape index (κ1) is 14.1. The van der Waals surface area contributed by atoms with E-state index in [0.29, 0.717) is 12.2 Å². The molecule has 0 spiro atoms. The Morgan fingerprint density at radius 2 is 1.95 bits per heavy atom. The molecule has 0 radical (unpaired) electrons. The van der Waals surface area contributed by atoms with Gasteiger partial charge >= 0.3 is 0 Å². The third-order valence-electron chi connectivity index (χ3n) is 4.19. The Balaban J connectivity index is 2.16. The van der Waals surface area contributed by atoms with Crippen molar-refractivity contribution in [3.8, 4) is 0 Å². The summed E-state index contributed by atoms with van der Waals surface area (Å²) in [6.07, 6.45) is 4.50. The molecule has 1 fully saturated rings. The number of hydrogen-bond donors (Lipinski definition) is 0. The molecule has 6 heteroatoms. The van der Waals surface area contributed by atoms with Gasteiger partial charge in [0.25, 0.3) is 0 Å². The molecule has 0 saturated heterocycles. The molecule has 106 valence electrons. The minimum Gasteiger partial charge on any atom is -0.297 e. The molecule has 1 heterocycles. The number of tetrazole rings is 1. The van der Waals surface area contributed by atoms with Gasteiger partial charge in [0.15, 0.2) is 11.6 Å². The van der Waals surface area contributed by atoms with Gasteiger partial charge in [0.1, 0.15) is 0 Å². The van der Waals surface area contributed by atoms with Crippen molar-refractivity contribution in [1.29, 1.82) is 0 Å². The van der Waals surface area contributed by atoms with Gasteiger partial charge in [-0.15, -0.1) is 10.2 Å². The third kappa shape index (κ3) is 2.68. The fourth-order valence-electron chi connectivity index (χ4n) is 3.26. The largest absolute Gasteiger partial charge is 0.297 e. The van der Waals surface area contributed by atoms with Crippen LogP contribution >= 0.6 is 0 Å². The van der Waals surface area contributed by atoms with Crippen LogP contribution in [0.3, 0.4) is 0 Å². The molecule has 19 heavy (non-hydrogen) atoms. The first-order chi connectivity index (χ1) is 9.12. The van der Waals surface area contributed by atoms with E-state index in [1.807, 2.05) is 0 Å². The number of hydrogen-bond acceptors (Lipinski definition) is 5. The van der Waals surface area contributed by atoms with Gasteiger partial charge in [-0.3, -0.25) is 9.69 Å². The fraction of sp³-hybridized carbons (Fsp3) is 0.846. The molecule has 0 unspecified atom stereocenters. The number of nitrogens with zero attached hydrogens (tertiary/aromatic N) is 5. The van der Waals surface area contributed by atoms with Crippen molar-refractivity contribution in [2.24, 2.45) is 7.05 Å². The summed E-state index contributed by atoms with van der Waals surface area (Å²) in [4.78, 5) is 16.5. The monoisotopic (exact) mass is 265 g/mol. The van der Waals surface area contributed by atoms with Crippen molar-refractivity contribution in [2.75, 3.05) is 13.1 Å². The van der Waals surface area contributed by atoms with Crippen LogP contribution in [0.2, 0.25) is 0 Å². The second-order valence-electron chi connectivity index (χ2n) is 5.21. The average Bonchev–Trinajstić information content (AvgIpc) is 3.01. The highest BCUT2D eigenvalue weighted by Gasteiger charge is 2.44. The van der Waals surface area contributed by atoms with Gasteiger partial charge in [-0.05, 0) is 31.1 Å². The number of likely N-dealkylation sites (N-methyl/N-ethyl adjacent to an activating group) is 1. The number of Topliss-reactive ketones (excluding diaryl/α,β-unsaturated/α-hetero) is 1. The van der Waals surface area contributed by atoms with E-state index in [0.717, 1.165) is 38.8 Å². The first-order valence-electron chi connectivity index (χ1n) is 7.13. The standard InChI is InChI=1S/C13H23N5O/c1-4-18(5-2)13(8-6-7-9-13)11(19)10-12-14-16-17(3)15-12/h4-10H2,1-3H3. The van der Waals surface area contributed by atoms with Crippen LogP contribution < -0.4 is 0 Å². The minimum absolute atomic E-state index is 0.252. The van der Waals surface area contributed by atoms with Crippen molar-refractivity contribution in [2.45, 2.75) is 51.5 Å². The van der Waals surface area contributed by atoms with E-state index in [1.54, 1.807) is 7.05 Å². The van der Waals surface area contributed by atoms with E-state index < -0.39 is 0 Å². The number of ketones is 1. The van der Waals surface area contributed by atoms with Crippen molar-refractivity contribution in [1.82, 2.24) is 25.1 Å². The molecule has 1 saturated carbocycles. The Labute approximate surface area is 114 Å². The van der Waals surface area contributed by atoms with Crippen LogP contribution in [0.25, 0.3) is 0 Å². The van der Waals surface area contributed by atoms with E-state index in [9.17, 15) is 4.79 Å². The molecule has 1 aliphatic rings. The minimum atomic E-state index is -0.289. The maximum absolute atomic E-state index is 12.7. The predicted molar refractivity (Wildman–Crippen MR) is 71.6 cm³/mol. The van der Waals surface area contributed by atoms with Gasteiger partial charge in [0.05, 0.1) is 19.0 Å². The van der Waals surface area contributed by atoms with Gasteiger partial charge in [0, 0.05) is 0 Å². The van der Waals surface area contributed by atoms with Gasteiger partial charge < -0.3 is 0 Å². The average molecular weight is 265 g/mol. The van der Waals surface area contributed by atoms with E-state index >= 15 is 0 Å². The zero-order chi connectivity index (χ0) is 13.9.